The van der Waals surface area contributed by atoms with Crippen molar-refractivity contribution in [1.29, 1.82) is 0 Å². The summed E-state index contributed by atoms with van der Waals surface area (Å²) in [7, 11) is 0. The lowest BCUT2D eigenvalue weighted by Gasteiger charge is -2.31. The number of halogens is 3. The first-order valence-electron chi connectivity index (χ1n) is 12.5. The van der Waals surface area contributed by atoms with Crippen LogP contribution in [-0.2, 0) is 29.2 Å². The van der Waals surface area contributed by atoms with Crippen LogP contribution in [0.25, 0.3) is 0 Å². The fraction of sp³-hybridized carbons (Fsp3) is 0.577. The van der Waals surface area contributed by atoms with Gasteiger partial charge in [-0.15, -0.1) is 0 Å². The fourth-order valence-corrected chi connectivity index (χ4v) is 5.00. The summed E-state index contributed by atoms with van der Waals surface area (Å²) < 4.78 is 33.8. The number of nitrogens with one attached hydrogen (secondary N) is 1. The van der Waals surface area contributed by atoms with E-state index in [2.05, 4.69) is 70.2 Å². The van der Waals surface area contributed by atoms with Gasteiger partial charge in [-0.25, -0.2) is 4.79 Å². The highest BCUT2D eigenvalue weighted by molar-refractivity contribution is 5.91. The Morgan fingerprint density at radius 1 is 1.14 bits per heavy atom. The molecule has 1 fully saturated rings. The Labute approximate surface area is 209 Å². The topological polar surface area (TPSA) is 87.5 Å². The Balaban J connectivity index is 0.000000454. The summed E-state index contributed by atoms with van der Waals surface area (Å²) in [5, 5.41) is 14.9. The molecule has 10 heteroatoms. The number of hydrogen-bond acceptors (Lipinski definition) is 4. The number of carboxylic acids is 1. The van der Waals surface area contributed by atoms with Crippen LogP contribution in [-0.4, -0.2) is 44.4 Å². The Morgan fingerprint density at radius 3 is 2.36 bits per heavy atom. The molecule has 0 bridgehead atoms. The van der Waals surface area contributed by atoms with Crippen LogP contribution in [0.2, 0.25) is 0 Å². The number of benzene rings is 1. The van der Waals surface area contributed by atoms with Crippen molar-refractivity contribution in [3.05, 3.63) is 47.7 Å². The lowest BCUT2D eigenvalue weighted by atomic mass is 9.75. The molecule has 4 rings (SSSR count). The van der Waals surface area contributed by atoms with E-state index in [1.54, 1.807) is 0 Å². The molecule has 2 N–H and O–H groups in total. The van der Waals surface area contributed by atoms with Crippen molar-refractivity contribution >= 4 is 17.7 Å². The van der Waals surface area contributed by atoms with Crippen LogP contribution in [0.5, 0.6) is 0 Å². The van der Waals surface area contributed by atoms with E-state index in [-0.39, 0.29) is 11.8 Å². The van der Waals surface area contributed by atoms with Crippen molar-refractivity contribution in [3.63, 3.8) is 0 Å². The highest BCUT2D eigenvalue weighted by atomic mass is 19.4. The van der Waals surface area contributed by atoms with Gasteiger partial charge in [-0.05, 0) is 36.7 Å². The van der Waals surface area contributed by atoms with E-state index in [1.807, 2.05) is 0 Å². The number of carboxylic acid groups (broad SMARTS) is 1. The molecule has 1 unspecified atom stereocenters. The number of carbonyl (C=O) groups excluding carboxylic acids is 1. The molecule has 1 saturated carbocycles. The molecule has 2 aromatic rings. The van der Waals surface area contributed by atoms with Crippen molar-refractivity contribution in [2.24, 2.45) is 17.8 Å². The number of aliphatic carboxylic acids is 1. The first-order chi connectivity index (χ1) is 17.1. The first-order valence-corrected chi connectivity index (χ1v) is 12.5. The normalized spacial score (nSPS) is 21.0. The minimum absolute atomic E-state index is 0.107. The van der Waals surface area contributed by atoms with Gasteiger partial charge in [0.25, 0.3) is 0 Å². The number of carbonyl (C=O) groups is 2. The van der Waals surface area contributed by atoms with E-state index in [0.29, 0.717) is 11.7 Å². The highest BCUT2D eigenvalue weighted by Gasteiger charge is 2.38. The molecule has 1 atom stereocenters. The van der Waals surface area contributed by atoms with E-state index < -0.39 is 12.1 Å². The zero-order chi connectivity index (χ0) is 26.3. The number of amides is 1. The maximum atomic E-state index is 13.0. The number of alkyl halides is 3. The summed E-state index contributed by atoms with van der Waals surface area (Å²) in [6.45, 7) is 8.14. The number of fused-ring (bicyclic) bond motifs is 1. The van der Waals surface area contributed by atoms with Gasteiger partial charge in [-0.3, -0.25) is 14.4 Å². The third kappa shape index (κ3) is 7.81. The van der Waals surface area contributed by atoms with E-state index in [1.165, 1.54) is 36.9 Å². The van der Waals surface area contributed by atoms with Crippen molar-refractivity contribution in [2.45, 2.75) is 71.8 Å². The monoisotopic (exact) mass is 508 g/mol. The van der Waals surface area contributed by atoms with Crippen LogP contribution in [0, 0.1) is 17.8 Å². The maximum Gasteiger partial charge on any atom is 0.490 e. The predicted molar refractivity (Wildman–Crippen MR) is 130 cm³/mol. The highest BCUT2D eigenvalue weighted by Crippen LogP contribution is 2.35. The molecule has 36 heavy (non-hydrogen) atoms. The molecule has 2 heterocycles. The van der Waals surface area contributed by atoms with E-state index in [9.17, 15) is 18.0 Å². The molecule has 0 spiro atoms. The van der Waals surface area contributed by atoms with Crippen LogP contribution in [0.15, 0.2) is 36.4 Å². The van der Waals surface area contributed by atoms with Gasteiger partial charge in [0.05, 0.1) is 12.2 Å². The summed E-state index contributed by atoms with van der Waals surface area (Å²) in [6, 6.07) is 12.7. The quantitative estimate of drug-likeness (QED) is 0.551. The maximum absolute atomic E-state index is 13.0. The summed E-state index contributed by atoms with van der Waals surface area (Å²) >= 11 is 0. The van der Waals surface area contributed by atoms with Crippen molar-refractivity contribution in [1.82, 2.24) is 14.7 Å². The lowest BCUT2D eigenvalue weighted by molar-refractivity contribution is -0.192. The summed E-state index contributed by atoms with van der Waals surface area (Å²) in [4.78, 5) is 24.3. The average Bonchev–Trinajstić information content (AvgIpc) is 3.22. The molecular weight excluding hydrogens is 473 g/mol. The minimum Gasteiger partial charge on any atom is -0.475 e. The molecule has 1 amide bonds. The van der Waals surface area contributed by atoms with Crippen molar-refractivity contribution in [2.75, 3.05) is 11.9 Å². The van der Waals surface area contributed by atoms with Crippen LogP contribution >= 0.6 is 0 Å². The van der Waals surface area contributed by atoms with Crippen LogP contribution in [0.3, 0.4) is 0 Å². The van der Waals surface area contributed by atoms with Crippen molar-refractivity contribution in [3.8, 4) is 0 Å². The zero-order valence-electron chi connectivity index (χ0n) is 20.8. The van der Waals surface area contributed by atoms with Crippen LogP contribution in [0.1, 0.15) is 57.2 Å². The molecule has 1 aliphatic heterocycles. The van der Waals surface area contributed by atoms with Crippen LogP contribution < -0.4 is 5.32 Å². The summed E-state index contributed by atoms with van der Waals surface area (Å²) in [5.74, 6) is -0.443. The van der Waals surface area contributed by atoms with E-state index >= 15 is 0 Å². The number of rotatable bonds is 6. The number of aromatic nitrogens is 2. The van der Waals surface area contributed by atoms with Gasteiger partial charge in [-0.2, -0.15) is 18.3 Å². The molecule has 1 aromatic heterocycles. The fourth-order valence-electron chi connectivity index (χ4n) is 5.00. The van der Waals surface area contributed by atoms with Crippen LogP contribution in [0.4, 0.5) is 19.0 Å². The minimum atomic E-state index is -5.08. The molecule has 2 aliphatic rings. The van der Waals surface area contributed by atoms with E-state index in [0.717, 1.165) is 38.5 Å². The molecule has 1 aromatic carbocycles. The van der Waals surface area contributed by atoms with Crippen molar-refractivity contribution < 1.29 is 27.9 Å². The average molecular weight is 509 g/mol. The second-order valence-corrected chi connectivity index (χ2v) is 9.77. The second-order valence-electron chi connectivity index (χ2n) is 9.77. The van der Waals surface area contributed by atoms with Gasteiger partial charge >= 0.3 is 12.1 Å². The molecule has 0 radical (unpaired) electrons. The second kappa shape index (κ2) is 12.4. The molecule has 198 valence electrons. The Hall–Kier alpha value is -2.88. The lowest BCUT2D eigenvalue weighted by Crippen LogP contribution is -2.33. The molecule has 7 nitrogen and oxygen atoms in total. The molecule has 0 saturated heterocycles. The third-order valence-electron chi connectivity index (χ3n) is 7.03. The largest absolute Gasteiger partial charge is 0.490 e. The predicted octanol–water partition coefficient (Wildman–Crippen LogP) is 5.32. The zero-order valence-corrected chi connectivity index (χ0v) is 20.8. The molecule has 1 aliphatic carbocycles. The smallest absolute Gasteiger partial charge is 0.475 e. The third-order valence-corrected chi connectivity index (χ3v) is 7.03. The number of anilines is 1. The number of nitrogens with zero attached hydrogens (tertiary/aromatic N) is 3. The van der Waals surface area contributed by atoms with Gasteiger partial charge in [-0.1, -0.05) is 57.0 Å². The SMILES string of the molecule is CCC(C(=O)Nc1cc2n(n1)CCN(Cc1ccccc1)C2)C1CCC(C)CC1.O=C(O)C(F)(F)F. The van der Waals surface area contributed by atoms with Gasteiger partial charge in [0, 0.05) is 31.6 Å². The van der Waals surface area contributed by atoms with Gasteiger partial charge in [0.1, 0.15) is 0 Å². The molecular formula is C26H35F3N4O3. The first kappa shape index (κ1) is 27.7. The standard InChI is InChI=1S/C24H34N4O.C2HF3O2/c1-3-22(20-11-9-18(2)10-12-20)24(29)25-23-15-21-17-27(13-14-28(21)26-23)16-19-7-5-4-6-8-19;3-2(4,5)1(6)7/h4-8,15,18,20,22H,3,9-14,16-17H2,1-2H3,(H,25,26,29);(H,6,7). The Bertz CT molecular complexity index is 1000. The Kier molecular flexibility index (Phi) is 9.53. The summed E-state index contributed by atoms with van der Waals surface area (Å²) in [5.41, 5.74) is 2.52. The van der Waals surface area contributed by atoms with Gasteiger partial charge < -0.3 is 10.4 Å². The van der Waals surface area contributed by atoms with Gasteiger partial charge in [0.15, 0.2) is 5.82 Å². The van der Waals surface area contributed by atoms with E-state index in [4.69, 9.17) is 9.90 Å². The summed E-state index contributed by atoms with van der Waals surface area (Å²) in [6.07, 6.45) is 0.695. The Morgan fingerprint density at radius 2 is 1.78 bits per heavy atom. The number of hydrogen-bond donors (Lipinski definition) is 2. The van der Waals surface area contributed by atoms with Gasteiger partial charge in [0.2, 0.25) is 5.91 Å².